The number of amides is 1. The van der Waals surface area contributed by atoms with E-state index >= 15 is 0 Å². The normalized spacial score (nSPS) is 11.9. The number of thioether (sulfide) groups is 1. The van der Waals surface area contributed by atoms with Gasteiger partial charge < -0.3 is 14.6 Å². The molecule has 0 aliphatic heterocycles. The van der Waals surface area contributed by atoms with Gasteiger partial charge in [0.1, 0.15) is 12.4 Å². The first-order chi connectivity index (χ1) is 14.0. The average molecular weight is 475 g/mol. The van der Waals surface area contributed by atoms with Crippen LogP contribution >= 0.6 is 27.7 Å². The smallest absolute Gasteiger partial charge is 0.237 e. The third-order valence-corrected chi connectivity index (χ3v) is 6.33. The fourth-order valence-corrected chi connectivity index (χ4v) is 3.84. The summed E-state index contributed by atoms with van der Waals surface area (Å²) in [6.07, 6.45) is 0.676. The van der Waals surface area contributed by atoms with Crippen molar-refractivity contribution in [2.75, 3.05) is 5.32 Å². The first-order valence-electron chi connectivity index (χ1n) is 9.27. The Kier molecular flexibility index (Phi) is 7.33. The summed E-state index contributed by atoms with van der Waals surface area (Å²) in [6, 6.07) is 15.4. The van der Waals surface area contributed by atoms with Crippen LogP contribution in [0.15, 0.2) is 58.2 Å². The van der Waals surface area contributed by atoms with Crippen molar-refractivity contribution in [3.05, 3.63) is 64.4 Å². The minimum Gasteiger partial charge on any atom is -0.485 e. The number of ether oxygens (including phenoxy) is 1. The number of rotatable bonds is 8. The molecule has 1 N–H and O–H groups in total. The molecule has 3 aromatic rings. The third-order valence-electron chi connectivity index (χ3n) is 4.40. The molecule has 0 spiro atoms. The standard InChI is InChI=1S/C21H23BrN4O2S/c1-4-18(20(27)23-16-11-9-15(22)10-12-16)29-21-25-24-19(26(21)3)13-28-17-8-6-5-7-14(17)2/h5-12,18H,4,13H2,1-3H3,(H,23,27). The van der Waals surface area contributed by atoms with E-state index in [0.717, 1.165) is 21.5 Å². The molecule has 0 saturated carbocycles. The Balaban J connectivity index is 1.63. The molecule has 2 aromatic carbocycles. The lowest BCUT2D eigenvalue weighted by Gasteiger charge is -2.14. The highest BCUT2D eigenvalue weighted by Crippen LogP contribution is 2.26. The molecule has 0 aliphatic carbocycles. The lowest BCUT2D eigenvalue weighted by atomic mass is 10.2. The molecular formula is C21H23BrN4O2S. The van der Waals surface area contributed by atoms with E-state index < -0.39 is 0 Å². The molecule has 0 radical (unpaired) electrons. The predicted octanol–water partition coefficient (Wildman–Crippen LogP) is 4.97. The first kappa shape index (κ1) is 21.4. The van der Waals surface area contributed by atoms with Crippen molar-refractivity contribution in [3.8, 4) is 5.75 Å². The van der Waals surface area contributed by atoms with Gasteiger partial charge in [-0.25, -0.2) is 0 Å². The van der Waals surface area contributed by atoms with E-state index in [2.05, 4.69) is 31.4 Å². The Morgan fingerprint density at radius 2 is 1.93 bits per heavy atom. The summed E-state index contributed by atoms with van der Waals surface area (Å²) in [5.41, 5.74) is 1.84. The van der Waals surface area contributed by atoms with Crippen LogP contribution in [0.3, 0.4) is 0 Å². The highest BCUT2D eigenvalue weighted by Gasteiger charge is 2.22. The molecular weight excluding hydrogens is 452 g/mol. The van der Waals surface area contributed by atoms with E-state index in [0.29, 0.717) is 24.0 Å². The van der Waals surface area contributed by atoms with Gasteiger partial charge in [-0.3, -0.25) is 4.79 Å². The summed E-state index contributed by atoms with van der Waals surface area (Å²) in [5.74, 6) is 1.48. The number of hydrogen-bond acceptors (Lipinski definition) is 5. The van der Waals surface area contributed by atoms with Crippen LogP contribution in [0.2, 0.25) is 0 Å². The fraction of sp³-hybridized carbons (Fsp3) is 0.286. The number of hydrogen-bond donors (Lipinski definition) is 1. The zero-order valence-electron chi connectivity index (χ0n) is 16.6. The second kappa shape index (κ2) is 9.93. The number of nitrogens with zero attached hydrogens (tertiary/aromatic N) is 3. The lowest BCUT2D eigenvalue weighted by Crippen LogP contribution is -2.25. The van der Waals surface area contributed by atoms with Crippen molar-refractivity contribution in [2.24, 2.45) is 7.05 Å². The van der Waals surface area contributed by atoms with Crippen LogP contribution in [0.25, 0.3) is 0 Å². The minimum atomic E-state index is -0.272. The van der Waals surface area contributed by atoms with Gasteiger partial charge in [0.25, 0.3) is 0 Å². The largest absolute Gasteiger partial charge is 0.485 e. The molecule has 8 heteroatoms. The topological polar surface area (TPSA) is 69.0 Å². The Hall–Kier alpha value is -2.32. The van der Waals surface area contributed by atoms with Gasteiger partial charge in [-0.15, -0.1) is 10.2 Å². The highest BCUT2D eigenvalue weighted by atomic mass is 79.9. The van der Waals surface area contributed by atoms with E-state index in [1.54, 1.807) is 0 Å². The molecule has 0 saturated heterocycles. The van der Waals surface area contributed by atoms with Crippen molar-refractivity contribution in [1.82, 2.24) is 14.8 Å². The number of anilines is 1. The number of aryl methyl sites for hydroxylation is 1. The van der Waals surface area contributed by atoms with E-state index in [-0.39, 0.29) is 11.2 Å². The van der Waals surface area contributed by atoms with Crippen LogP contribution in [0.4, 0.5) is 5.69 Å². The molecule has 1 amide bonds. The van der Waals surface area contributed by atoms with Crippen LogP contribution < -0.4 is 10.1 Å². The molecule has 1 heterocycles. The van der Waals surface area contributed by atoms with E-state index in [9.17, 15) is 4.79 Å². The van der Waals surface area contributed by atoms with Crippen LogP contribution in [0.1, 0.15) is 24.7 Å². The maximum atomic E-state index is 12.7. The quantitative estimate of drug-likeness (QED) is 0.466. The second-order valence-corrected chi connectivity index (χ2v) is 8.61. The van der Waals surface area contributed by atoms with E-state index in [1.807, 2.05) is 74.0 Å². The number of nitrogens with one attached hydrogen (secondary N) is 1. The minimum absolute atomic E-state index is 0.0551. The van der Waals surface area contributed by atoms with E-state index in [1.165, 1.54) is 11.8 Å². The highest BCUT2D eigenvalue weighted by molar-refractivity contribution is 9.10. The molecule has 29 heavy (non-hydrogen) atoms. The Labute approximate surface area is 183 Å². The van der Waals surface area contributed by atoms with Gasteiger partial charge in [0, 0.05) is 17.2 Å². The van der Waals surface area contributed by atoms with Gasteiger partial charge >= 0.3 is 0 Å². The Morgan fingerprint density at radius 3 is 2.62 bits per heavy atom. The molecule has 152 valence electrons. The number of aromatic nitrogens is 3. The maximum Gasteiger partial charge on any atom is 0.237 e. The average Bonchev–Trinajstić information content (AvgIpc) is 3.06. The van der Waals surface area contributed by atoms with Gasteiger partial charge in [0.2, 0.25) is 5.91 Å². The van der Waals surface area contributed by atoms with E-state index in [4.69, 9.17) is 4.74 Å². The molecule has 1 atom stereocenters. The zero-order valence-corrected chi connectivity index (χ0v) is 19.0. The summed E-state index contributed by atoms with van der Waals surface area (Å²) >= 11 is 4.80. The summed E-state index contributed by atoms with van der Waals surface area (Å²) < 4.78 is 8.71. The van der Waals surface area contributed by atoms with Crippen LogP contribution in [0, 0.1) is 6.92 Å². The number of benzene rings is 2. The molecule has 0 aliphatic rings. The van der Waals surface area contributed by atoms with Crippen LogP contribution in [0.5, 0.6) is 5.75 Å². The predicted molar refractivity (Wildman–Crippen MR) is 119 cm³/mol. The molecule has 0 fully saturated rings. The van der Waals surface area contributed by atoms with Crippen LogP contribution in [-0.2, 0) is 18.4 Å². The lowest BCUT2D eigenvalue weighted by molar-refractivity contribution is -0.115. The first-order valence-corrected chi connectivity index (χ1v) is 10.9. The Morgan fingerprint density at radius 1 is 1.21 bits per heavy atom. The van der Waals surface area contributed by atoms with Gasteiger partial charge in [0.15, 0.2) is 11.0 Å². The van der Waals surface area contributed by atoms with Crippen molar-refractivity contribution >= 4 is 39.3 Å². The summed E-state index contributed by atoms with van der Waals surface area (Å²) in [6.45, 7) is 4.30. The van der Waals surface area contributed by atoms with Crippen molar-refractivity contribution in [1.29, 1.82) is 0 Å². The number of para-hydroxylation sites is 1. The van der Waals surface area contributed by atoms with Gasteiger partial charge in [-0.1, -0.05) is 52.8 Å². The van der Waals surface area contributed by atoms with Crippen LogP contribution in [-0.4, -0.2) is 25.9 Å². The van der Waals surface area contributed by atoms with Gasteiger partial charge in [0.05, 0.1) is 5.25 Å². The van der Waals surface area contributed by atoms with Gasteiger partial charge in [-0.05, 0) is 49.2 Å². The zero-order chi connectivity index (χ0) is 20.8. The number of carbonyl (C=O) groups excluding carboxylic acids is 1. The third kappa shape index (κ3) is 5.61. The number of halogens is 1. The fourth-order valence-electron chi connectivity index (χ4n) is 2.64. The number of carbonyl (C=O) groups is 1. The molecule has 1 aromatic heterocycles. The molecule has 3 rings (SSSR count). The summed E-state index contributed by atoms with van der Waals surface area (Å²) in [4.78, 5) is 12.7. The molecule has 1 unspecified atom stereocenters. The molecule has 0 bridgehead atoms. The van der Waals surface area contributed by atoms with Crippen molar-refractivity contribution in [3.63, 3.8) is 0 Å². The van der Waals surface area contributed by atoms with Crippen molar-refractivity contribution in [2.45, 2.75) is 37.3 Å². The van der Waals surface area contributed by atoms with Crippen molar-refractivity contribution < 1.29 is 9.53 Å². The SMILES string of the molecule is CCC(Sc1nnc(COc2ccccc2C)n1C)C(=O)Nc1ccc(Br)cc1. The summed E-state index contributed by atoms with van der Waals surface area (Å²) in [5, 5.41) is 11.9. The monoisotopic (exact) mass is 474 g/mol. The Bertz CT molecular complexity index is 975. The van der Waals surface area contributed by atoms with Gasteiger partial charge in [-0.2, -0.15) is 0 Å². The maximum absolute atomic E-state index is 12.7. The second-order valence-electron chi connectivity index (χ2n) is 6.52. The summed E-state index contributed by atoms with van der Waals surface area (Å²) in [7, 11) is 1.89. The molecule has 6 nitrogen and oxygen atoms in total.